The summed E-state index contributed by atoms with van der Waals surface area (Å²) in [5.41, 5.74) is 2.01. The van der Waals surface area contributed by atoms with Crippen LogP contribution >= 0.6 is 0 Å². The lowest BCUT2D eigenvalue weighted by atomic mass is 10.0. The summed E-state index contributed by atoms with van der Waals surface area (Å²) < 4.78 is 5.69. The number of nitrogens with zero attached hydrogens (tertiary/aromatic N) is 1. The predicted octanol–water partition coefficient (Wildman–Crippen LogP) is 2.88. The Morgan fingerprint density at radius 3 is 2.60 bits per heavy atom. The third kappa shape index (κ3) is 5.33. The molecule has 2 N–H and O–H groups in total. The van der Waals surface area contributed by atoms with Crippen LogP contribution in [0.15, 0.2) is 48.5 Å². The third-order valence-electron chi connectivity index (χ3n) is 4.08. The maximum Gasteiger partial charge on any atom is 0.251 e. The van der Waals surface area contributed by atoms with E-state index in [4.69, 9.17) is 15.1 Å². The Morgan fingerprint density at radius 1 is 1.24 bits per heavy atom. The normalized spacial score (nSPS) is 12.7. The summed E-state index contributed by atoms with van der Waals surface area (Å²) in [5.74, 6) is 0.485. The number of carbonyl (C=O) groups excluding carboxylic acids is 1. The van der Waals surface area contributed by atoms with Gasteiger partial charge in [0.05, 0.1) is 11.6 Å². The molecular formula is C20H22N2O3. The highest BCUT2D eigenvalue weighted by Crippen LogP contribution is 2.15. The number of amides is 1. The lowest BCUT2D eigenvalue weighted by molar-refractivity contribution is 0.0916. The van der Waals surface area contributed by atoms with E-state index in [0.717, 1.165) is 5.56 Å². The first-order valence-corrected chi connectivity index (χ1v) is 8.17. The minimum Gasteiger partial charge on any atom is -0.489 e. The Labute approximate surface area is 147 Å². The smallest absolute Gasteiger partial charge is 0.251 e. The molecule has 2 rings (SSSR count). The van der Waals surface area contributed by atoms with Crippen molar-refractivity contribution in [1.82, 2.24) is 5.32 Å². The summed E-state index contributed by atoms with van der Waals surface area (Å²) in [4.78, 5) is 12.3. The van der Waals surface area contributed by atoms with Gasteiger partial charge in [0, 0.05) is 18.2 Å². The van der Waals surface area contributed by atoms with E-state index >= 15 is 0 Å². The van der Waals surface area contributed by atoms with Gasteiger partial charge in [0.1, 0.15) is 12.4 Å². The molecule has 0 aliphatic carbocycles. The summed E-state index contributed by atoms with van der Waals surface area (Å²) in [6.45, 7) is 4.11. The minimum absolute atomic E-state index is 0.00755. The van der Waals surface area contributed by atoms with Gasteiger partial charge in [0.15, 0.2) is 0 Å². The molecule has 2 aromatic rings. The molecule has 0 saturated heterocycles. The van der Waals surface area contributed by atoms with Crippen LogP contribution in [0, 0.1) is 17.2 Å². The topological polar surface area (TPSA) is 82.3 Å². The number of hydrogen-bond acceptors (Lipinski definition) is 4. The molecule has 2 aromatic carbocycles. The number of ether oxygens (including phenoxy) is 1. The van der Waals surface area contributed by atoms with Crippen LogP contribution in [0.4, 0.5) is 0 Å². The van der Waals surface area contributed by atoms with Crippen molar-refractivity contribution in [2.45, 2.75) is 26.5 Å². The van der Waals surface area contributed by atoms with Crippen LogP contribution in [0.25, 0.3) is 0 Å². The summed E-state index contributed by atoms with van der Waals surface area (Å²) >= 11 is 0. The molecule has 1 amide bonds. The highest BCUT2D eigenvalue weighted by Gasteiger charge is 2.15. The molecule has 0 aromatic heterocycles. The van der Waals surface area contributed by atoms with E-state index in [1.165, 1.54) is 0 Å². The zero-order valence-corrected chi connectivity index (χ0v) is 14.4. The molecule has 0 aliphatic heterocycles. The lowest BCUT2D eigenvalue weighted by Gasteiger charge is -2.19. The van der Waals surface area contributed by atoms with Gasteiger partial charge < -0.3 is 15.2 Å². The van der Waals surface area contributed by atoms with Gasteiger partial charge in [-0.3, -0.25) is 4.79 Å². The van der Waals surface area contributed by atoms with Crippen molar-refractivity contribution in [3.63, 3.8) is 0 Å². The standard InChI is InChI=1S/C20H22N2O3/c1-14(12-23)15(2)22-20(24)18-5-3-4-17(10-18)13-25-19-8-6-16(11-21)7-9-19/h3-10,14-15,23H,12-13H2,1-2H3,(H,22,24). The van der Waals surface area contributed by atoms with Crippen molar-refractivity contribution in [3.8, 4) is 11.8 Å². The van der Waals surface area contributed by atoms with Gasteiger partial charge in [-0.05, 0) is 54.8 Å². The molecule has 0 radical (unpaired) electrons. The number of rotatable bonds is 7. The van der Waals surface area contributed by atoms with Crippen LogP contribution in [0.5, 0.6) is 5.75 Å². The monoisotopic (exact) mass is 338 g/mol. The van der Waals surface area contributed by atoms with E-state index in [0.29, 0.717) is 23.5 Å². The Bertz CT molecular complexity index is 750. The fourth-order valence-electron chi connectivity index (χ4n) is 2.19. The summed E-state index contributed by atoms with van der Waals surface area (Å²) in [5, 5.41) is 20.8. The van der Waals surface area contributed by atoms with E-state index in [1.807, 2.05) is 26.0 Å². The van der Waals surface area contributed by atoms with Gasteiger partial charge in [-0.25, -0.2) is 0 Å². The number of nitriles is 1. The number of aliphatic hydroxyl groups excluding tert-OH is 1. The molecule has 2 unspecified atom stereocenters. The molecular weight excluding hydrogens is 316 g/mol. The molecule has 130 valence electrons. The zero-order chi connectivity index (χ0) is 18.2. The average Bonchev–Trinajstić information content (AvgIpc) is 2.66. The average molecular weight is 338 g/mol. The number of aliphatic hydroxyl groups is 1. The maximum absolute atomic E-state index is 12.3. The number of carbonyl (C=O) groups is 1. The minimum atomic E-state index is -0.173. The van der Waals surface area contributed by atoms with Gasteiger partial charge in [-0.15, -0.1) is 0 Å². The Hall–Kier alpha value is -2.84. The molecule has 0 fully saturated rings. The first-order valence-electron chi connectivity index (χ1n) is 8.17. The van der Waals surface area contributed by atoms with Gasteiger partial charge >= 0.3 is 0 Å². The van der Waals surface area contributed by atoms with Gasteiger partial charge in [-0.2, -0.15) is 5.26 Å². The van der Waals surface area contributed by atoms with Crippen molar-refractivity contribution in [2.24, 2.45) is 5.92 Å². The lowest BCUT2D eigenvalue weighted by Crippen LogP contribution is -2.38. The highest BCUT2D eigenvalue weighted by molar-refractivity contribution is 5.94. The molecule has 5 nitrogen and oxygen atoms in total. The number of nitrogens with one attached hydrogen (secondary N) is 1. The van der Waals surface area contributed by atoms with Crippen LogP contribution in [-0.2, 0) is 6.61 Å². The van der Waals surface area contributed by atoms with Crippen LogP contribution < -0.4 is 10.1 Å². The third-order valence-corrected chi connectivity index (χ3v) is 4.08. The van der Waals surface area contributed by atoms with E-state index in [9.17, 15) is 4.79 Å². The fourth-order valence-corrected chi connectivity index (χ4v) is 2.19. The number of hydrogen-bond donors (Lipinski definition) is 2. The van der Waals surface area contributed by atoms with Crippen molar-refractivity contribution < 1.29 is 14.6 Å². The summed E-state index contributed by atoms with van der Waals surface area (Å²) in [6, 6.07) is 16.1. The summed E-state index contributed by atoms with van der Waals surface area (Å²) in [7, 11) is 0. The first-order chi connectivity index (χ1) is 12.0. The van der Waals surface area contributed by atoms with Gasteiger partial charge in [0.2, 0.25) is 0 Å². The Morgan fingerprint density at radius 2 is 1.96 bits per heavy atom. The molecule has 2 atom stereocenters. The quantitative estimate of drug-likeness (QED) is 0.813. The molecule has 5 heteroatoms. The first kappa shape index (κ1) is 18.5. The van der Waals surface area contributed by atoms with Crippen molar-refractivity contribution in [1.29, 1.82) is 5.26 Å². The Balaban J connectivity index is 1.98. The van der Waals surface area contributed by atoms with Crippen LogP contribution in [0.2, 0.25) is 0 Å². The molecule has 0 spiro atoms. The van der Waals surface area contributed by atoms with Gasteiger partial charge in [-0.1, -0.05) is 19.1 Å². The second-order valence-corrected chi connectivity index (χ2v) is 6.05. The van der Waals surface area contributed by atoms with Crippen LogP contribution in [0.1, 0.15) is 35.3 Å². The largest absolute Gasteiger partial charge is 0.489 e. The van der Waals surface area contributed by atoms with E-state index in [2.05, 4.69) is 11.4 Å². The van der Waals surface area contributed by atoms with E-state index in [1.54, 1.807) is 36.4 Å². The van der Waals surface area contributed by atoms with Crippen molar-refractivity contribution in [2.75, 3.05) is 6.61 Å². The number of benzene rings is 2. The second kappa shape index (κ2) is 8.86. The molecule has 0 heterocycles. The second-order valence-electron chi connectivity index (χ2n) is 6.05. The fraction of sp³-hybridized carbons (Fsp3) is 0.300. The molecule has 0 aliphatic rings. The van der Waals surface area contributed by atoms with Crippen molar-refractivity contribution in [3.05, 3.63) is 65.2 Å². The summed E-state index contributed by atoms with van der Waals surface area (Å²) in [6.07, 6.45) is 0. The van der Waals surface area contributed by atoms with E-state index < -0.39 is 0 Å². The van der Waals surface area contributed by atoms with E-state index in [-0.39, 0.29) is 24.5 Å². The van der Waals surface area contributed by atoms with Crippen LogP contribution in [0.3, 0.4) is 0 Å². The predicted molar refractivity (Wildman–Crippen MR) is 95.1 cm³/mol. The molecule has 0 bridgehead atoms. The zero-order valence-electron chi connectivity index (χ0n) is 14.4. The maximum atomic E-state index is 12.3. The highest BCUT2D eigenvalue weighted by atomic mass is 16.5. The molecule has 25 heavy (non-hydrogen) atoms. The Kier molecular flexibility index (Phi) is 6.55. The van der Waals surface area contributed by atoms with Crippen LogP contribution in [-0.4, -0.2) is 23.7 Å². The molecule has 0 saturated carbocycles. The SMILES string of the molecule is CC(CO)C(C)NC(=O)c1cccc(COc2ccc(C#N)cc2)c1. The van der Waals surface area contributed by atoms with Crippen molar-refractivity contribution >= 4 is 5.91 Å². The van der Waals surface area contributed by atoms with Gasteiger partial charge in [0.25, 0.3) is 5.91 Å².